The van der Waals surface area contributed by atoms with Gasteiger partial charge in [0.15, 0.2) is 17.3 Å². The first-order chi connectivity index (χ1) is 19.0. The Bertz CT molecular complexity index is 1670. The highest BCUT2D eigenvalue weighted by atomic mass is 35.5. The molecule has 40 heavy (non-hydrogen) atoms. The molecule has 0 aliphatic heterocycles. The number of hydrogen-bond acceptors (Lipinski definition) is 7. The van der Waals surface area contributed by atoms with E-state index in [2.05, 4.69) is 10.3 Å². The number of nitrogens with one attached hydrogen (secondary N) is 1. The van der Waals surface area contributed by atoms with E-state index in [1.165, 1.54) is 36.5 Å². The van der Waals surface area contributed by atoms with E-state index in [4.69, 9.17) is 26.8 Å². The van der Waals surface area contributed by atoms with Crippen molar-refractivity contribution in [3.63, 3.8) is 0 Å². The van der Waals surface area contributed by atoms with Gasteiger partial charge in [-0.3, -0.25) is 14.2 Å². The van der Waals surface area contributed by atoms with E-state index in [-0.39, 0.29) is 53.0 Å². The van der Waals surface area contributed by atoms with Gasteiger partial charge in [0, 0.05) is 30.2 Å². The molecule has 2 heterocycles. The van der Waals surface area contributed by atoms with Crippen molar-refractivity contribution in [1.82, 2.24) is 14.1 Å². The molecule has 0 bridgehead atoms. The van der Waals surface area contributed by atoms with Crippen LogP contribution in [-0.2, 0) is 11.3 Å². The van der Waals surface area contributed by atoms with Crippen LogP contribution >= 0.6 is 11.6 Å². The average Bonchev–Trinajstić information content (AvgIpc) is 2.90. The zero-order valence-electron chi connectivity index (χ0n) is 21.4. The van der Waals surface area contributed by atoms with Crippen molar-refractivity contribution in [2.45, 2.75) is 26.5 Å². The van der Waals surface area contributed by atoms with Gasteiger partial charge < -0.3 is 20.5 Å². The Balaban J connectivity index is 1.65. The lowest BCUT2D eigenvalue weighted by molar-refractivity contribution is 0.0717. The topological polar surface area (TPSA) is 130 Å². The second-order valence-electron chi connectivity index (χ2n) is 8.76. The number of ether oxygens (including phenoxy) is 2. The van der Waals surface area contributed by atoms with Gasteiger partial charge in [0.1, 0.15) is 22.2 Å². The normalized spacial score (nSPS) is 11.1. The third-order valence-corrected chi connectivity index (χ3v) is 5.94. The maximum atomic E-state index is 14.8. The summed E-state index contributed by atoms with van der Waals surface area (Å²) in [6.07, 6.45) is 2.33. The fourth-order valence-electron chi connectivity index (χ4n) is 3.62. The molecule has 0 fully saturated rings. The summed E-state index contributed by atoms with van der Waals surface area (Å²) in [5.74, 6) is -2.44. The lowest BCUT2D eigenvalue weighted by Crippen LogP contribution is -2.42. The molecule has 0 unspecified atom stereocenters. The molecule has 3 N–H and O–H groups in total. The predicted octanol–water partition coefficient (Wildman–Crippen LogP) is 4.38. The van der Waals surface area contributed by atoms with Crippen molar-refractivity contribution in [3.8, 4) is 17.2 Å². The molecule has 0 radical (unpaired) electrons. The summed E-state index contributed by atoms with van der Waals surface area (Å²) in [6.45, 7) is 3.79. The standard InChI is InChI=1S/C27H24ClF2N5O5/c1-15(2)39-12-11-34-14-19(26(37)35(27(34)38)18-6-3-16(29)4-7-18)25(36)33-17-5-8-21(20(30)13-17)40-22-9-10-32-24(31)23(22)28/h3-10,13-15H,11-12H2,1-2H3,(H2,31,32)(H,33,36). The number of nitrogens with zero attached hydrogens (tertiary/aromatic N) is 3. The molecular weight excluding hydrogens is 548 g/mol. The molecule has 0 spiro atoms. The summed E-state index contributed by atoms with van der Waals surface area (Å²) < 4.78 is 41.2. The van der Waals surface area contributed by atoms with Crippen molar-refractivity contribution < 1.29 is 23.0 Å². The minimum atomic E-state index is -0.944. The first-order valence-corrected chi connectivity index (χ1v) is 12.4. The summed E-state index contributed by atoms with van der Waals surface area (Å²) >= 11 is 6.04. The van der Waals surface area contributed by atoms with Crippen LogP contribution in [0.5, 0.6) is 11.5 Å². The van der Waals surface area contributed by atoms with Crippen molar-refractivity contribution in [1.29, 1.82) is 0 Å². The second-order valence-corrected chi connectivity index (χ2v) is 9.14. The lowest BCUT2D eigenvalue weighted by Gasteiger charge is -2.15. The Morgan fingerprint density at radius 2 is 1.82 bits per heavy atom. The predicted molar refractivity (Wildman–Crippen MR) is 145 cm³/mol. The fraction of sp³-hybridized carbons (Fsp3) is 0.185. The number of nitrogens with two attached hydrogens (primary N) is 1. The van der Waals surface area contributed by atoms with Crippen molar-refractivity contribution >= 4 is 29.0 Å². The molecule has 0 aliphatic carbocycles. The summed E-state index contributed by atoms with van der Waals surface area (Å²) in [5, 5.41) is 2.45. The van der Waals surface area contributed by atoms with E-state index in [1.807, 2.05) is 13.8 Å². The quantitative estimate of drug-likeness (QED) is 0.305. The van der Waals surface area contributed by atoms with Crippen LogP contribution < -0.4 is 27.0 Å². The monoisotopic (exact) mass is 571 g/mol. The summed E-state index contributed by atoms with van der Waals surface area (Å²) in [4.78, 5) is 43.4. The van der Waals surface area contributed by atoms with Gasteiger partial charge in [-0.2, -0.15) is 0 Å². The van der Waals surface area contributed by atoms with Gasteiger partial charge in [-0.15, -0.1) is 0 Å². The number of hydrogen-bond donors (Lipinski definition) is 2. The third kappa shape index (κ3) is 6.35. The molecule has 2 aromatic carbocycles. The lowest BCUT2D eigenvalue weighted by atomic mass is 10.2. The van der Waals surface area contributed by atoms with Crippen molar-refractivity contribution in [2.24, 2.45) is 0 Å². The summed E-state index contributed by atoms with van der Waals surface area (Å²) in [5.41, 5.74) is 3.60. The first-order valence-electron chi connectivity index (χ1n) is 12.0. The number of nitrogen functional groups attached to an aromatic ring is 1. The number of halogens is 3. The number of pyridine rings is 1. The van der Waals surface area contributed by atoms with Gasteiger partial charge in [0.2, 0.25) is 0 Å². The van der Waals surface area contributed by atoms with Crippen LogP contribution in [0.4, 0.5) is 20.3 Å². The number of carbonyl (C=O) groups excluding carboxylic acids is 1. The van der Waals surface area contributed by atoms with Crippen LogP contribution in [0.15, 0.2) is 70.5 Å². The van der Waals surface area contributed by atoms with Gasteiger partial charge in [-0.05, 0) is 50.2 Å². The molecule has 0 aliphatic rings. The number of rotatable bonds is 9. The fourth-order valence-corrected chi connectivity index (χ4v) is 3.77. The van der Waals surface area contributed by atoms with E-state index in [1.54, 1.807) is 0 Å². The zero-order chi connectivity index (χ0) is 29.0. The van der Waals surface area contributed by atoms with Gasteiger partial charge in [0.25, 0.3) is 11.5 Å². The molecule has 0 saturated carbocycles. The molecular formula is C27H24ClF2N5O5. The van der Waals surface area contributed by atoms with Crippen LogP contribution in [0.2, 0.25) is 5.02 Å². The molecule has 0 saturated heterocycles. The molecule has 4 rings (SSSR count). The number of anilines is 2. The largest absolute Gasteiger partial charge is 0.453 e. The molecule has 13 heteroatoms. The van der Waals surface area contributed by atoms with Crippen molar-refractivity contribution in [2.75, 3.05) is 17.7 Å². The highest BCUT2D eigenvalue weighted by Crippen LogP contribution is 2.33. The average molecular weight is 572 g/mol. The Hall–Kier alpha value is -4.55. The highest BCUT2D eigenvalue weighted by Gasteiger charge is 2.20. The second kappa shape index (κ2) is 12.1. The Kier molecular flexibility index (Phi) is 8.61. The van der Waals surface area contributed by atoms with Crippen LogP contribution in [0, 0.1) is 11.6 Å². The van der Waals surface area contributed by atoms with Crippen LogP contribution in [0.25, 0.3) is 5.69 Å². The molecule has 1 amide bonds. The number of benzene rings is 2. The van der Waals surface area contributed by atoms with Gasteiger partial charge in [-0.1, -0.05) is 11.6 Å². The van der Waals surface area contributed by atoms with E-state index >= 15 is 0 Å². The highest BCUT2D eigenvalue weighted by molar-refractivity contribution is 6.34. The van der Waals surface area contributed by atoms with Gasteiger partial charge in [-0.25, -0.2) is 23.1 Å². The number of amides is 1. The number of aromatic nitrogens is 3. The van der Waals surface area contributed by atoms with Gasteiger partial charge >= 0.3 is 5.69 Å². The molecule has 0 atom stereocenters. The zero-order valence-corrected chi connectivity index (χ0v) is 22.1. The SMILES string of the molecule is CC(C)OCCn1cc(C(=O)Nc2ccc(Oc3ccnc(N)c3Cl)c(F)c2)c(=O)n(-c2ccc(F)cc2)c1=O. The van der Waals surface area contributed by atoms with E-state index < -0.39 is 34.4 Å². The minimum absolute atomic E-state index is 0.00353. The van der Waals surface area contributed by atoms with Crippen LogP contribution in [0.1, 0.15) is 24.2 Å². The minimum Gasteiger partial charge on any atom is -0.453 e. The first kappa shape index (κ1) is 28.5. The maximum Gasteiger partial charge on any atom is 0.335 e. The van der Waals surface area contributed by atoms with E-state index in [0.717, 1.165) is 33.5 Å². The molecule has 208 valence electrons. The number of carbonyl (C=O) groups is 1. The summed E-state index contributed by atoms with van der Waals surface area (Å²) in [7, 11) is 0. The van der Waals surface area contributed by atoms with Crippen LogP contribution in [-0.4, -0.2) is 32.7 Å². The van der Waals surface area contributed by atoms with Gasteiger partial charge in [0.05, 0.1) is 24.9 Å². The molecule has 4 aromatic rings. The molecule has 2 aromatic heterocycles. The Morgan fingerprint density at radius 1 is 1.10 bits per heavy atom. The third-order valence-electron chi connectivity index (χ3n) is 5.56. The smallest absolute Gasteiger partial charge is 0.335 e. The van der Waals surface area contributed by atoms with Crippen molar-refractivity contribution in [3.05, 3.63) is 104 Å². The Morgan fingerprint density at radius 3 is 2.50 bits per heavy atom. The Labute approximate surface area is 231 Å². The summed E-state index contributed by atoms with van der Waals surface area (Å²) in [6, 6.07) is 9.63. The molecule has 10 nitrogen and oxygen atoms in total. The van der Waals surface area contributed by atoms with Crippen LogP contribution in [0.3, 0.4) is 0 Å². The van der Waals surface area contributed by atoms with E-state index in [0.29, 0.717) is 0 Å². The van der Waals surface area contributed by atoms with E-state index in [9.17, 15) is 23.2 Å². The maximum absolute atomic E-state index is 14.8.